The number of pyridine rings is 1. The molecule has 0 bridgehead atoms. The summed E-state index contributed by atoms with van der Waals surface area (Å²) in [6.45, 7) is 1.99. The Labute approximate surface area is 177 Å². The first kappa shape index (κ1) is 20.6. The minimum absolute atomic E-state index is 0.274. The van der Waals surface area contributed by atoms with Gasteiger partial charge in [-0.05, 0) is 42.3 Å². The monoisotopic (exact) mass is 420 g/mol. The van der Waals surface area contributed by atoms with E-state index in [1.807, 2.05) is 55.5 Å². The highest BCUT2D eigenvalue weighted by atomic mass is 19.4. The van der Waals surface area contributed by atoms with E-state index in [2.05, 4.69) is 10.3 Å². The van der Waals surface area contributed by atoms with E-state index in [1.54, 1.807) is 6.07 Å². The van der Waals surface area contributed by atoms with Gasteiger partial charge < -0.3 is 5.32 Å². The number of rotatable bonds is 4. The molecule has 1 amide bonds. The van der Waals surface area contributed by atoms with E-state index in [4.69, 9.17) is 0 Å². The van der Waals surface area contributed by atoms with Crippen LogP contribution in [0.1, 0.15) is 28.4 Å². The van der Waals surface area contributed by atoms with Crippen molar-refractivity contribution in [1.29, 1.82) is 0 Å². The van der Waals surface area contributed by atoms with Gasteiger partial charge in [0.05, 0.1) is 28.0 Å². The molecule has 4 aromatic rings. The number of benzene rings is 3. The lowest BCUT2D eigenvalue weighted by atomic mass is 10.0. The van der Waals surface area contributed by atoms with Gasteiger partial charge in [-0.15, -0.1) is 0 Å². The van der Waals surface area contributed by atoms with Gasteiger partial charge in [0.15, 0.2) is 0 Å². The third-order valence-corrected chi connectivity index (χ3v) is 5.08. The van der Waals surface area contributed by atoms with Crippen molar-refractivity contribution in [3.8, 4) is 11.3 Å². The Bertz CT molecular complexity index is 1250. The van der Waals surface area contributed by atoms with Crippen LogP contribution in [0.5, 0.6) is 0 Å². The fourth-order valence-electron chi connectivity index (χ4n) is 3.47. The number of aryl methyl sites for hydroxylation is 1. The highest BCUT2D eigenvalue weighted by Gasteiger charge is 2.33. The van der Waals surface area contributed by atoms with Crippen LogP contribution in [-0.4, -0.2) is 10.9 Å². The largest absolute Gasteiger partial charge is 0.418 e. The topological polar surface area (TPSA) is 42.0 Å². The molecule has 0 aliphatic heterocycles. The zero-order valence-corrected chi connectivity index (χ0v) is 16.7. The van der Waals surface area contributed by atoms with E-state index < -0.39 is 17.6 Å². The minimum Gasteiger partial charge on any atom is -0.321 e. The van der Waals surface area contributed by atoms with E-state index in [0.717, 1.165) is 23.6 Å². The standard InChI is InChI=1S/C25H19F3N2O/c1-2-16-12-13-21-18(14-16)19(15-23(29-21)17-8-4-3-5-9-17)24(31)30-22-11-7-6-10-20(22)25(26,27)28/h3-15H,2H2,1H3,(H,30,31). The second kappa shape index (κ2) is 8.22. The first-order valence-electron chi connectivity index (χ1n) is 9.83. The van der Waals surface area contributed by atoms with Crippen LogP contribution in [0.2, 0.25) is 0 Å². The van der Waals surface area contributed by atoms with Crippen LogP contribution in [0.3, 0.4) is 0 Å². The molecular weight excluding hydrogens is 401 g/mol. The highest BCUT2D eigenvalue weighted by Crippen LogP contribution is 2.35. The molecule has 0 spiro atoms. The van der Waals surface area contributed by atoms with Gasteiger partial charge in [0, 0.05) is 10.9 Å². The number of carbonyl (C=O) groups excluding carboxylic acids is 1. The Morgan fingerprint density at radius 2 is 1.65 bits per heavy atom. The number of nitrogens with one attached hydrogen (secondary N) is 1. The van der Waals surface area contributed by atoms with Crippen molar-refractivity contribution in [2.45, 2.75) is 19.5 Å². The zero-order chi connectivity index (χ0) is 22.0. The summed E-state index contributed by atoms with van der Waals surface area (Å²) in [7, 11) is 0. The number of hydrogen-bond donors (Lipinski definition) is 1. The molecule has 3 nitrogen and oxygen atoms in total. The Morgan fingerprint density at radius 1 is 0.935 bits per heavy atom. The van der Waals surface area contributed by atoms with Crippen LogP contribution in [0, 0.1) is 0 Å². The molecule has 0 unspecified atom stereocenters. The lowest BCUT2D eigenvalue weighted by Gasteiger charge is -2.15. The fourth-order valence-corrected chi connectivity index (χ4v) is 3.47. The SMILES string of the molecule is CCc1ccc2nc(-c3ccccc3)cc(C(=O)Nc3ccccc3C(F)(F)F)c2c1. The van der Waals surface area contributed by atoms with Gasteiger partial charge >= 0.3 is 6.18 Å². The summed E-state index contributed by atoms with van der Waals surface area (Å²) in [5, 5.41) is 3.05. The molecular formula is C25H19F3N2O. The third-order valence-electron chi connectivity index (χ3n) is 5.08. The molecule has 0 atom stereocenters. The zero-order valence-electron chi connectivity index (χ0n) is 16.7. The quantitative estimate of drug-likeness (QED) is 0.397. The summed E-state index contributed by atoms with van der Waals surface area (Å²) in [6.07, 6.45) is -3.82. The van der Waals surface area contributed by atoms with Crippen LogP contribution in [0.25, 0.3) is 22.2 Å². The molecule has 1 aromatic heterocycles. The average Bonchev–Trinajstić information content (AvgIpc) is 2.78. The predicted molar refractivity (Wildman–Crippen MR) is 116 cm³/mol. The molecule has 6 heteroatoms. The van der Waals surface area contributed by atoms with E-state index in [9.17, 15) is 18.0 Å². The maximum atomic E-state index is 13.4. The normalized spacial score (nSPS) is 11.5. The van der Waals surface area contributed by atoms with Crippen molar-refractivity contribution >= 4 is 22.5 Å². The smallest absolute Gasteiger partial charge is 0.321 e. The van der Waals surface area contributed by atoms with Gasteiger partial charge in [0.2, 0.25) is 0 Å². The number of hydrogen-bond acceptors (Lipinski definition) is 2. The molecule has 0 radical (unpaired) electrons. The van der Waals surface area contributed by atoms with Crippen molar-refractivity contribution in [2.24, 2.45) is 0 Å². The molecule has 0 saturated heterocycles. The van der Waals surface area contributed by atoms with Crippen molar-refractivity contribution in [1.82, 2.24) is 4.98 Å². The van der Waals surface area contributed by atoms with Crippen LogP contribution < -0.4 is 5.32 Å². The van der Waals surface area contributed by atoms with Crippen molar-refractivity contribution in [2.75, 3.05) is 5.32 Å². The highest BCUT2D eigenvalue weighted by molar-refractivity contribution is 6.13. The lowest BCUT2D eigenvalue weighted by Crippen LogP contribution is -2.17. The minimum atomic E-state index is -4.57. The van der Waals surface area contributed by atoms with E-state index >= 15 is 0 Å². The summed E-state index contributed by atoms with van der Waals surface area (Å²) in [4.78, 5) is 17.9. The fraction of sp³-hybridized carbons (Fsp3) is 0.120. The van der Waals surface area contributed by atoms with Crippen LogP contribution >= 0.6 is 0 Å². The second-order valence-electron chi connectivity index (χ2n) is 7.12. The molecule has 0 aliphatic carbocycles. The summed E-state index contributed by atoms with van der Waals surface area (Å²) in [5.74, 6) is -0.616. The van der Waals surface area contributed by atoms with Gasteiger partial charge in [-0.25, -0.2) is 4.98 Å². The van der Waals surface area contributed by atoms with Crippen LogP contribution in [0.15, 0.2) is 78.9 Å². The summed E-state index contributed by atoms with van der Waals surface area (Å²) in [6, 6.07) is 21.5. The molecule has 3 aromatic carbocycles. The molecule has 31 heavy (non-hydrogen) atoms. The Balaban J connectivity index is 1.85. The molecule has 156 valence electrons. The van der Waals surface area contributed by atoms with E-state index in [-0.39, 0.29) is 11.3 Å². The second-order valence-corrected chi connectivity index (χ2v) is 7.12. The van der Waals surface area contributed by atoms with Crippen LogP contribution in [-0.2, 0) is 12.6 Å². The molecule has 0 saturated carbocycles. The molecule has 0 fully saturated rings. The van der Waals surface area contributed by atoms with Gasteiger partial charge in [-0.3, -0.25) is 4.79 Å². The van der Waals surface area contributed by atoms with E-state index in [1.165, 1.54) is 18.2 Å². The number of carbonyl (C=O) groups is 1. The first-order valence-corrected chi connectivity index (χ1v) is 9.83. The average molecular weight is 420 g/mol. The Morgan fingerprint density at radius 3 is 2.35 bits per heavy atom. The predicted octanol–water partition coefficient (Wildman–Crippen LogP) is 6.74. The van der Waals surface area contributed by atoms with Gasteiger partial charge in [0.25, 0.3) is 5.91 Å². The molecule has 0 aliphatic rings. The first-order chi connectivity index (χ1) is 14.9. The van der Waals surface area contributed by atoms with Crippen molar-refractivity contribution < 1.29 is 18.0 Å². The lowest BCUT2D eigenvalue weighted by molar-refractivity contribution is -0.136. The Hall–Kier alpha value is -3.67. The number of amides is 1. The molecule has 1 N–H and O–H groups in total. The van der Waals surface area contributed by atoms with Gasteiger partial charge in [-0.1, -0.05) is 55.5 Å². The Kier molecular flexibility index (Phi) is 5.46. The molecule has 1 heterocycles. The number of nitrogens with zero attached hydrogens (tertiary/aromatic N) is 1. The van der Waals surface area contributed by atoms with E-state index in [0.29, 0.717) is 16.6 Å². The number of halogens is 3. The number of aromatic nitrogens is 1. The van der Waals surface area contributed by atoms with Gasteiger partial charge in [0.1, 0.15) is 0 Å². The maximum Gasteiger partial charge on any atom is 0.418 e. The number of alkyl halides is 3. The summed E-state index contributed by atoms with van der Waals surface area (Å²) < 4.78 is 40.1. The number of fused-ring (bicyclic) bond motifs is 1. The molecule has 4 rings (SSSR count). The third kappa shape index (κ3) is 4.28. The summed E-state index contributed by atoms with van der Waals surface area (Å²) >= 11 is 0. The summed E-state index contributed by atoms with van der Waals surface area (Å²) in [5.41, 5.74) is 2.10. The van der Waals surface area contributed by atoms with Crippen LogP contribution in [0.4, 0.5) is 18.9 Å². The maximum absolute atomic E-state index is 13.4. The van der Waals surface area contributed by atoms with Gasteiger partial charge in [-0.2, -0.15) is 13.2 Å². The van der Waals surface area contributed by atoms with Crippen molar-refractivity contribution in [3.63, 3.8) is 0 Å². The number of para-hydroxylation sites is 1. The number of anilines is 1. The van der Waals surface area contributed by atoms with Crippen molar-refractivity contribution in [3.05, 3.63) is 95.6 Å².